The molecule has 2 amide bonds. The van der Waals surface area contributed by atoms with Crippen molar-refractivity contribution in [1.29, 1.82) is 0 Å². The van der Waals surface area contributed by atoms with Crippen LogP contribution in [-0.4, -0.2) is 32.3 Å². The van der Waals surface area contributed by atoms with Crippen molar-refractivity contribution < 1.29 is 9.59 Å². The van der Waals surface area contributed by atoms with E-state index >= 15 is 0 Å². The van der Waals surface area contributed by atoms with E-state index in [4.69, 9.17) is 11.6 Å². The zero-order valence-corrected chi connectivity index (χ0v) is 21.0. The number of anilines is 1. The zero-order chi connectivity index (χ0) is 23.3. The molecule has 1 heterocycles. The summed E-state index contributed by atoms with van der Waals surface area (Å²) in [4.78, 5) is 24.9. The fourth-order valence-electron chi connectivity index (χ4n) is 3.06. The maximum atomic E-state index is 12.6. The number of carbonyl (C=O) groups excluding carboxylic acids is 2. The highest BCUT2D eigenvalue weighted by atomic mass is 79.9. The molecule has 0 radical (unpaired) electrons. The van der Waals surface area contributed by atoms with E-state index in [0.717, 1.165) is 5.56 Å². The van der Waals surface area contributed by atoms with Crippen LogP contribution in [0.5, 0.6) is 0 Å². The van der Waals surface area contributed by atoms with Gasteiger partial charge in [0.25, 0.3) is 5.91 Å². The third-order valence-corrected chi connectivity index (χ3v) is 6.79. The molecule has 0 saturated carbocycles. The van der Waals surface area contributed by atoms with Gasteiger partial charge >= 0.3 is 0 Å². The topological polar surface area (TPSA) is 88.9 Å². The summed E-state index contributed by atoms with van der Waals surface area (Å²) >= 11 is 10.6. The van der Waals surface area contributed by atoms with E-state index in [1.807, 2.05) is 43.5 Å². The smallest absolute Gasteiger partial charge is 0.251 e. The summed E-state index contributed by atoms with van der Waals surface area (Å²) in [6, 6.07) is 12.3. The van der Waals surface area contributed by atoms with Crippen molar-refractivity contribution in [2.45, 2.75) is 38.5 Å². The van der Waals surface area contributed by atoms with E-state index in [0.29, 0.717) is 38.3 Å². The van der Waals surface area contributed by atoms with Crippen LogP contribution in [0.1, 0.15) is 41.6 Å². The molecular weight excluding hydrogens is 514 g/mol. The molecule has 3 rings (SSSR count). The number of nitrogens with zero attached hydrogens (tertiary/aromatic N) is 3. The molecule has 168 valence electrons. The van der Waals surface area contributed by atoms with Crippen molar-refractivity contribution in [2.24, 2.45) is 0 Å². The Morgan fingerprint density at radius 1 is 1.22 bits per heavy atom. The first-order chi connectivity index (χ1) is 15.3. The number of hydrogen-bond donors (Lipinski definition) is 2. The number of benzene rings is 2. The quantitative estimate of drug-likeness (QED) is 0.384. The molecule has 2 aromatic carbocycles. The molecule has 0 aliphatic heterocycles. The summed E-state index contributed by atoms with van der Waals surface area (Å²) in [5, 5.41) is 15.5. The van der Waals surface area contributed by atoms with Crippen LogP contribution in [-0.2, 0) is 11.3 Å². The highest BCUT2D eigenvalue weighted by Crippen LogP contribution is 2.26. The minimum Gasteiger partial charge on any atom is -0.342 e. The summed E-state index contributed by atoms with van der Waals surface area (Å²) in [6.07, 6.45) is 0. The standard InChI is InChI=1S/C22H23BrClN5O2S/c1-4-29-20(14(3)25-21(31)15-7-5-6-13(2)10-15)27-28-22(29)32-12-19(30)26-16-8-9-18(24)17(23)11-16/h5-11,14H,4,12H2,1-3H3,(H,25,31)(H,26,30)/t14-/m1/s1. The lowest BCUT2D eigenvalue weighted by Gasteiger charge is -2.15. The van der Waals surface area contributed by atoms with Gasteiger partial charge in [0.1, 0.15) is 0 Å². The average Bonchev–Trinajstić information content (AvgIpc) is 3.18. The van der Waals surface area contributed by atoms with Crippen LogP contribution in [0.3, 0.4) is 0 Å². The van der Waals surface area contributed by atoms with E-state index < -0.39 is 0 Å². The number of aryl methyl sites for hydroxylation is 1. The van der Waals surface area contributed by atoms with Gasteiger partial charge in [-0.05, 0) is 67.0 Å². The van der Waals surface area contributed by atoms with Crippen molar-refractivity contribution in [3.05, 3.63) is 68.9 Å². The van der Waals surface area contributed by atoms with Crippen molar-refractivity contribution in [3.8, 4) is 0 Å². The fraction of sp³-hybridized carbons (Fsp3) is 0.273. The van der Waals surface area contributed by atoms with Gasteiger partial charge in [0, 0.05) is 22.3 Å². The molecule has 0 aliphatic rings. The lowest BCUT2D eigenvalue weighted by molar-refractivity contribution is -0.113. The third-order valence-electron chi connectivity index (χ3n) is 4.61. The Hall–Kier alpha value is -2.36. The fourth-order valence-corrected chi connectivity index (χ4v) is 4.36. The van der Waals surface area contributed by atoms with E-state index in [2.05, 4.69) is 36.8 Å². The average molecular weight is 537 g/mol. The van der Waals surface area contributed by atoms with Gasteiger partial charge in [0.2, 0.25) is 5.91 Å². The predicted octanol–water partition coefficient (Wildman–Crippen LogP) is 5.24. The van der Waals surface area contributed by atoms with E-state index in [1.54, 1.807) is 24.3 Å². The maximum absolute atomic E-state index is 12.6. The zero-order valence-electron chi connectivity index (χ0n) is 17.9. The van der Waals surface area contributed by atoms with Crippen molar-refractivity contribution in [2.75, 3.05) is 11.1 Å². The van der Waals surface area contributed by atoms with Crippen LogP contribution in [0.4, 0.5) is 5.69 Å². The molecule has 1 atom stereocenters. The number of aromatic nitrogens is 3. The summed E-state index contributed by atoms with van der Waals surface area (Å²) in [5.41, 5.74) is 2.27. The Balaban J connectivity index is 1.62. The van der Waals surface area contributed by atoms with Gasteiger partial charge in [-0.25, -0.2) is 0 Å². The van der Waals surface area contributed by atoms with Gasteiger partial charge < -0.3 is 15.2 Å². The Bertz CT molecular complexity index is 1140. The molecule has 0 spiro atoms. The summed E-state index contributed by atoms with van der Waals surface area (Å²) < 4.78 is 2.61. The lowest BCUT2D eigenvalue weighted by Crippen LogP contribution is -2.28. The number of nitrogens with one attached hydrogen (secondary N) is 2. The summed E-state index contributed by atoms with van der Waals surface area (Å²) in [5.74, 6) is 0.465. The number of amides is 2. The minimum atomic E-state index is -0.343. The van der Waals surface area contributed by atoms with Crippen molar-refractivity contribution in [3.63, 3.8) is 0 Å². The minimum absolute atomic E-state index is 0.169. The Morgan fingerprint density at radius 2 is 2.00 bits per heavy atom. The highest BCUT2D eigenvalue weighted by molar-refractivity contribution is 9.10. The Morgan fingerprint density at radius 3 is 2.69 bits per heavy atom. The Labute approximate surface area is 204 Å². The van der Waals surface area contributed by atoms with Crippen LogP contribution >= 0.6 is 39.3 Å². The summed E-state index contributed by atoms with van der Waals surface area (Å²) in [6.45, 7) is 6.39. The van der Waals surface area contributed by atoms with Crippen LogP contribution in [0, 0.1) is 6.92 Å². The monoisotopic (exact) mass is 535 g/mol. The molecule has 0 unspecified atom stereocenters. The lowest BCUT2D eigenvalue weighted by atomic mass is 10.1. The van der Waals surface area contributed by atoms with E-state index in [-0.39, 0.29) is 23.6 Å². The van der Waals surface area contributed by atoms with Crippen molar-refractivity contribution >= 4 is 56.8 Å². The van der Waals surface area contributed by atoms with Crippen LogP contribution < -0.4 is 10.6 Å². The first-order valence-corrected chi connectivity index (χ1v) is 12.1. The molecule has 7 nitrogen and oxygen atoms in total. The molecule has 0 saturated heterocycles. The number of halogens is 2. The second-order valence-corrected chi connectivity index (χ2v) is 9.32. The summed E-state index contributed by atoms with van der Waals surface area (Å²) in [7, 11) is 0. The second-order valence-electron chi connectivity index (χ2n) is 7.12. The van der Waals surface area contributed by atoms with Gasteiger partial charge in [-0.2, -0.15) is 0 Å². The number of rotatable bonds is 8. The van der Waals surface area contributed by atoms with Gasteiger partial charge in [-0.15, -0.1) is 10.2 Å². The maximum Gasteiger partial charge on any atom is 0.251 e. The Kier molecular flexibility index (Phi) is 8.33. The largest absolute Gasteiger partial charge is 0.342 e. The van der Waals surface area contributed by atoms with Crippen molar-refractivity contribution in [1.82, 2.24) is 20.1 Å². The number of hydrogen-bond acceptors (Lipinski definition) is 5. The van der Waals surface area contributed by atoms with Gasteiger partial charge in [-0.3, -0.25) is 9.59 Å². The van der Waals surface area contributed by atoms with Crippen LogP contribution in [0.15, 0.2) is 52.1 Å². The molecule has 0 fully saturated rings. The molecule has 10 heteroatoms. The first-order valence-electron chi connectivity index (χ1n) is 9.96. The highest BCUT2D eigenvalue weighted by Gasteiger charge is 2.20. The molecule has 2 N–H and O–H groups in total. The molecule has 0 aliphatic carbocycles. The predicted molar refractivity (Wildman–Crippen MR) is 131 cm³/mol. The number of carbonyl (C=O) groups is 2. The van der Waals surface area contributed by atoms with Gasteiger partial charge in [0.15, 0.2) is 11.0 Å². The van der Waals surface area contributed by atoms with E-state index in [1.165, 1.54) is 11.8 Å². The normalized spacial score (nSPS) is 11.8. The van der Waals surface area contributed by atoms with E-state index in [9.17, 15) is 9.59 Å². The van der Waals surface area contributed by atoms with Gasteiger partial charge in [-0.1, -0.05) is 41.1 Å². The SMILES string of the molecule is CCn1c(SCC(=O)Nc2ccc(Cl)c(Br)c2)nnc1[C@@H](C)NC(=O)c1cccc(C)c1. The first kappa shape index (κ1) is 24.3. The van der Waals surface area contributed by atoms with Gasteiger partial charge in [0.05, 0.1) is 16.8 Å². The molecular formula is C22H23BrClN5O2S. The van der Waals surface area contributed by atoms with Crippen LogP contribution in [0.2, 0.25) is 5.02 Å². The number of thioether (sulfide) groups is 1. The van der Waals surface area contributed by atoms with Crippen LogP contribution in [0.25, 0.3) is 0 Å². The third kappa shape index (κ3) is 6.11. The second kappa shape index (κ2) is 11.0. The molecule has 1 aromatic heterocycles. The molecule has 0 bridgehead atoms. The molecule has 3 aromatic rings. The molecule has 32 heavy (non-hydrogen) atoms.